The van der Waals surface area contributed by atoms with Crippen LogP contribution in [-0.4, -0.2) is 19.1 Å². The Morgan fingerprint density at radius 2 is 1.76 bits per heavy atom. The molecule has 5 heteroatoms. The Balaban J connectivity index is 2.34. The lowest BCUT2D eigenvalue weighted by Gasteiger charge is -2.16. The molecule has 0 heterocycles. The van der Waals surface area contributed by atoms with E-state index in [0.29, 0.717) is 21.4 Å². The fraction of sp³-hybridized carbons (Fsp3) is 0.188. The van der Waals surface area contributed by atoms with E-state index in [4.69, 9.17) is 33.3 Å². The summed E-state index contributed by atoms with van der Waals surface area (Å²) in [4.78, 5) is 0.687. The summed E-state index contributed by atoms with van der Waals surface area (Å²) in [6.07, 6.45) is 0. The first kappa shape index (κ1) is 16.1. The molecular formula is C16H15ClO2S2. The van der Waals surface area contributed by atoms with Crippen LogP contribution in [0, 0.1) is 0 Å². The lowest BCUT2D eigenvalue weighted by molar-refractivity contribution is 0.355. The summed E-state index contributed by atoms with van der Waals surface area (Å²) in [6.45, 7) is 0. The Labute approximate surface area is 140 Å². The van der Waals surface area contributed by atoms with E-state index in [1.54, 1.807) is 14.2 Å². The largest absolute Gasteiger partial charge is 0.493 e. The van der Waals surface area contributed by atoms with Gasteiger partial charge in [-0.2, -0.15) is 12.6 Å². The van der Waals surface area contributed by atoms with Gasteiger partial charge in [0.2, 0.25) is 0 Å². The number of rotatable bonds is 5. The maximum atomic E-state index is 6.20. The highest BCUT2D eigenvalue weighted by Crippen LogP contribution is 2.34. The highest BCUT2D eigenvalue weighted by atomic mass is 35.5. The summed E-state index contributed by atoms with van der Waals surface area (Å²) in [5.41, 5.74) is 1.75. The lowest BCUT2D eigenvalue weighted by Crippen LogP contribution is -2.07. The molecule has 0 aliphatic rings. The number of hydrogen-bond donors (Lipinski definition) is 1. The summed E-state index contributed by atoms with van der Waals surface area (Å²) < 4.78 is 10.5. The second-order valence-electron chi connectivity index (χ2n) is 4.36. The van der Waals surface area contributed by atoms with Crippen molar-refractivity contribution in [2.24, 2.45) is 0 Å². The van der Waals surface area contributed by atoms with E-state index in [0.717, 1.165) is 11.1 Å². The van der Waals surface area contributed by atoms with Crippen molar-refractivity contribution >= 4 is 41.3 Å². The number of methoxy groups -OCH3 is 2. The summed E-state index contributed by atoms with van der Waals surface area (Å²) in [6, 6.07) is 13.1. The van der Waals surface area contributed by atoms with Gasteiger partial charge in [0, 0.05) is 9.89 Å². The number of ether oxygens (including phenoxy) is 2. The number of hydrogen-bond acceptors (Lipinski definition) is 4. The molecule has 0 fully saturated rings. The van der Waals surface area contributed by atoms with Gasteiger partial charge in [-0.05, 0) is 35.4 Å². The van der Waals surface area contributed by atoms with Crippen molar-refractivity contribution in [3.8, 4) is 11.5 Å². The van der Waals surface area contributed by atoms with Crippen LogP contribution in [0.5, 0.6) is 11.5 Å². The van der Waals surface area contributed by atoms with E-state index in [-0.39, 0.29) is 5.25 Å². The van der Waals surface area contributed by atoms with Gasteiger partial charge >= 0.3 is 0 Å². The van der Waals surface area contributed by atoms with Gasteiger partial charge in [-0.3, -0.25) is 0 Å². The molecule has 0 saturated heterocycles. The zero-order valence-electron chi connectivity index (χ0n) is 11.7. The Kier molecular flexibility index (Phi) is 5.51. The predicted octanol–water partition coefficient (Wildman–Crippen LogP) is 4.75. The third-order valence-corrected chi connectivity index (χ3v) is 4.64. The van der Waals surface area contributed by atoms with Gasteiger partial charge in [-0.1, -0.05) is 42.0 Å². The van der Waals surface area contributed by atoms with Gasteiger partial charge in [0.15, 0.2) is 11.5 Å². The quantitative estimate of drug-likeness (QED) is 0.482. The molecule has 0 saturated carbocycles. The molecule has 0 aromatic heterocycles. The van der Waals surface area contributed by atoms with E-state index < -0.39 is 0 Å². The Hall–Kier alpha value is -1.23. The van der Waals surface area contributed by atoms with Gasteiger partial charge < -0.3 is 9.47 Å². The average molecular weight is 339 g/mol. The summed E-state index contributed by atoms with van der Waals surface area (Å²) >= 11 is 16.4. The normalized spacial score (nSPS) is 11.8. The van der Waals surface area contributed by atoms with Crippen molar-refractivity contribution in [2.75, 3.05) is 14.2 Å². The molecule has 0 spiro atoms. The standard InChI is InChI=1S/C16H15ClO2S2/c1-18-13-8-7-10(9-14(13)19-2)15(20)16(21)11-5-3-4-6-12(11)17/h3-9,16,21H,1-2H3. The van der Waals surface area contributed by atoms with Crippen LogP contribution in [0.3, 0.4) is 0 Å². The maximum Gasteiger partial charge on any atom is 0.161 e. The number of halogens is 1. The second kappa shape index (κ2) is 7.16. The monoisotopic (exact) mass is 338 g/mol. The van der Waals surface area contributed by atoms with Gasteiger partial charge in [0.1, 0.15) is 0 Å². The lowest BCUT2D eigenvalue weighted by atomic mass is 10.0. The van der Waals surface area contributed by atoms with E-state index >= 15 is 0 Å². The fourth-order valence-electron chi connectivity index (χ4n) is 1.99. The van der Waals surface area contributed by atoms with Crippen LogP contribution in [0.4, 0.5) is 0 Å². The summed E-state index contributed by atoms with van der Waals surface area (Å²) in [5.74, 6) is 1.30. The molecule has 0 bridgehead atoms. The number of thiocarbonyl (C=S) groups is 1. The average Bonchev–Trinajstić information content (AvgIpc) is 2.53. The van der Waals surface area contributed by atoms with E-state index in [1.165, 1.54) is 0 Å². The van der Waals surface area contributed by atoms with Gasteiger partial charge in [0.05, 0.1) is 19.5 Å². The predicted molar refractivity (Wildman–Crippen MR) is 94.4 cm³/mol. The molecule has 0 radical (unpaired) electrons. The highest BCUT2D eigenvalue weighted by molar-refractivity contribution is 7.86. The van der Waals surface area contributed by atoms with Gasteiger partial charge in [0.25, 0.3) is 0 Å². The van der Waals surface area contributed by atoms with Crippen LogP contribution in [0.1, 0.15) is 16.4 Å². The summed E-state index contributed by atoms with van der Waals surface area (Å²) in [7, 11) is 3.19. The van der Waals surface area contributed by atoms with Crippen LogP contribution >= 0.6 is 36.4 Å². The SMILES string of the molecule is COc1ccc(C(=S)C(S)c2ccccc2Cl)cc1OC. The molecule has 0 N–H and O–H groups in total. The first-order valence-corrected chi connectivity index (χ1v) is 7.57. The van der Waals surface area contributed by atoms with Crippen molar-refractivity contribution in [1.82, 2.24) is 0 Å². The molecule has 0 aliphatic heterocycles. The van der Waals surface area contributed by atoms with Crippen molar-refractivity contribution in [3.63, 3.8) is 0 Å². The smallest absolute Gasteiger partial charge is 0.161 e. The minimum Gasteiger partial charge on any atom is -0.493 e. The van der Waals surface area contributed by atoms with E-state index in [2.05, 4.69) is 12.6 Å². The van der Waals surface area contributed by atoms with Crippen LogP contribution in [-0.2, 0) is 0 Å². The maximum absolute atomic E-state index is 6.20. The Bertz CT molecular complexity index is 658. The highest BCUT2D eigenvalue weighted by Gasteiger charge is 2.18. The minimum absolute atomic E-state index is 0.258. The first-order valence-electron chi connectivity index (χ1n) is 6.27. The number of thiol groups is 1. The Morgan fingerprint density at radius 3 is 2.38 bits per heavy atom. The summed E-state index contributed by atoms with van der Waals surface area (Å²) in [5, 5.41) is 0.395. The van der Waals surface area contributed by atoms with Gasteiger partial charge in [-0.25, -0.2) is 0 Å². The van der Waals surface area contributed by atoms with Crippen LogP contribution in [0.2, 0.25) is 5.02 Å². The molecule has 0 aliphatic carbocycles. The molecule has 1 unspecified atom stereocenters. The fourth-order valence-corrected chi connectivity index (χ4v) is 2.93. The molecule has 21 heavy (non-hydrogen) atoms. The van der Waals surface area contributed by atoms with E-state index in [1.807, 2.05) is 42.5 Å². The topological polar surface area (TPSA) is 18.5 Å². The third-order valence-electron chi connectivity index (χ3n) is 3.12. The third kappa shape index (κ3) is 3.51. The Morgan fingerprint density at radius 1 is 1.10 bits per heavy atom. The zero-order valence-corrected chi connectivity index (χ0v) is 14.1. The van der Waals surface area contributed by atoms with E-state index in [9.17, 15) is 0 Å². The van der Waals surface area contributed by atoms with Crippen molar-refractivity contribution in [2.45, 2.75) is 5.25 Å². The van der Waals surface area contributed by atoms with Crippen molar-refractivity contribution in [1.29, 1.82) is 0 Å². The van der Waals surface area contributed by atoms with Crippen LogP contribution in [0.25, 0.3) is 0 Å². The molecule has 2 aromatic carbocycles. The van der Waals surface area contributed by atoms with Crippen LogP contribution in [0.15, 0.2) is 42.5 Å². The number of benzene rings is 2. The van der Waals surface area contributed by atoms with Crippen LogP contribution < -0.4 is 9.47 Å². The molecule has 2 nitrogen and oxygen atoms in total. The molecular weight excluding hydrogens is 324 g/mol. The molecule has 2 rings (SSSR count). The zero-order chi connectivity index (χ0) is 15.4. The minimum atomic E-state index is -0.258. The second-order valence-corrected chi connectivity index (χ2v) is 5.72. The van der Waals surface area contributed by atoms with Crippen molar-refractivity contribution in [3.05, 3.63) is 58.6 Å². The van der Waals surface area contributed by atoms with Crippen molar-refractivity contribution < 1.29 is 9.47 Å². The molecule has 2 aromatic rings. The molecule has 0 amide bonds. The molecule has 1 atom stereocenters. The molecule has 110 valence electrons. The van der Waals surface area contributed by atoms with Gasteiger partial charge in [-0.15, -0.1) is 0 Å². The first-order chi connectivity index (χ1) is 10.1.